The van der Waals surface area contributed by atoms with Crippen LogP contribution in [0.1, 0.15) is 25.3 Å². The van der Waals surface area contributed by atoms with Crippen molar-refractivity contribution < 1.29 is 4.74 Å². The molecule has 0 heterocycles. The molecule has 2 aromatic carbocycles. The van der Waals surface area contributed by atoms with Gasteiger partial charge in [-0.2, -0.15) is 0 Å². The van der Waals surface area contributed by atoms with Crippen molar-refractivity contribution >= 4 is 12.4 Å². The highest BCUT2D eigenvalue weighted by molar-refractivity contribution is 5.85. The maximum Gasteiger partial charge on any atom is 0.119 e. The van der Waals surface area contributed by atoms with Gasteiger partial charge in [0, 0.05) is 0 Å². The lowest BCUT2D eigenvalue weighted by Gasteiger charge is -2.11. The van der Waals surface area contributed by atoms with Gasteiger partial charge < -0.3 is 10.5 Å². The zero-order chi connectivity index (χ0) is 14.2. The summed E-state index contributed by atoms with van der Waals surface area (Å²) in [6, 6.07) is 16.7. The van der Waals surface area contributed by atoms with Gasteiger partial charge >= 0.3 is 0 Å². The molecule has 3 heteroatoms. The molecular formula is C18H24ClNO. The minimum Gasteiger partial charge on any atom is -0.494 e. The summed E-state index contributed by atoms with van der Waals surface area (Å²) < 4.78 is 5.78. The molecule has 0 radical (unpaired) electrons. The van der Waals surface area contributed by atoms with Gasteiger partial charge in [-0.3, -0.25) is 0 Å². The molecule has 0 aromatic heterocycles. The first-order valence-corrected chi connectivity index (χ1v) is 7.36. The lowest BCUT2D eigenvalue weighted by Crippen LogP contribution is -2.04. The van der Waals surface area contributed by atoms with E-state index in [4.69, 9.17) is 10.5 Å². The third kappa shape index (κ3) is 5.07. The van der Waals surface area contributed by atoms with Crippen LogP contribution >= 0.6 is 12.4 Å². The molecule has 0 bridgehead atoms. The van der Waals surface area contributed by atoms with Crippen LogP contribution in [0.25, 0.3) is 11.1 Å². The van der Waals surface area contributed by atoms with Crippen molar-refractivity contribution in [1.29, 1.82) is 0 Å². The van der Waals surface area contributed by atoms with E-state index in [2.05, 4.69) is 49.4 Å². The number of hydrogen-bond donors (Lipinski definition) is 1. The summed E-state index contributed by atoms with van der Waals surface area (Å²) in [6.07, 6.45) is 3.14. The fraction of sp³-hybridized carbons (Fsp3) is 0.333. The first-order valence-electron chi connectivity index (χ1n) is 7.36. The van der Waals surface area contributed by atoms with E-state index in [1.165, 1.54) is 16.7 Å². The molecule has 2 nitrogen and oxygen atoms in total. The number of hydrogen-bond acceptors (Lipinski definition) is 2. The van der Waals surface area contributed by atoms with Gasteiger partial charge in [0.05, 0.1) is 6.61 Å². The number of nitrogens with two attached hydrogens (primary N) is 1. The van der Waals surface area contributed by atoms with Crippen molar-refractivity contribution in [3.63, 3.8) is 0 Å². The van der Waals surface area contributed by atoms with E-state index in [1.807, 2.05) is 6.07 Å². The summed E-state index contributed by atoms with van der Waals surface area (Å²) in [4.78, 5) is 0. The van der Waals surface area contributed by atoms with Gasteiger partial charge in [0.15, 0.2) is 0 Å². The topological polar surface area (TPSA) is 35.2 Å². The Balaban J connectivity index is 0.00000220. The van der Waals surface area contributed by atoms with Crippen LogP contribution in [0.2, 0.25) is 0 Å². The largest absolute Gasteiger partial charge is 0.494 e. The fourth-order valence-electron chi connectivity index (χ4n) is 2.26. The van der Waals surface area contributed by atoms with E-state index in [0.29, 0.717) is 6.54 Å². The Morgan fingerprint density at radius 1 is 1.05 bits per heavy atom. The lowest BCUT2D eigenvalue weighted by molar-refractivity contribution is 0.309. The van der Waals surface area contributed by atoms with E-state index in [9.17, 15) is 0 Å². The highest BCUT2D eigenvalue weighted by Gasteiger charge is 2.05. The predicted molar refractivity (Wildman–Crippen MR) is 92.3 cm³/mol. The molecule has 0 aliphatic rings. The van der Waals surface area contributed by atoms with Crippen LogP contribution in [0.15, 0.2) is 48.5 Å². The number of unbranched alkanes of at least 4 members (excludes halogenated alkanes) is 1. The second kappa shape index (κ2) is 9.43. The highest BCUT2D eigenvalue weighted by atomic mass is 35.5. The van der Waals surface area contributed by atoms with Crippen molar-refractivity contribution in [3.8, 4) is 16.9 Å². The van der Waals surface area contributed by atoms with Gasteiger partial charge in [-0.05, 0) is 48.2 Å². The van der Waals surface area contributed by atoms with Crippen molar-refractivity contribution in [3.05, 3.63) is 54.1 Å². The zero-order valence-corrected chi connectivity index (χ0v) is 13.4. The lowest BCUT2D eigenvalue weighted by atomic mass is 9.97. The maximum atomic E-state index is 5.78. The minimum absolute atomic E-state index is 0. The molecule has 0 unspecified atom stereocenters. The predicted octanol–water partition coefficient (Wildman–Crippen LogP) is 4.46. The molecule has 0 amide bonds. The summed E-state index contributed by atoms with van der Waals surface area (Å²) >= 11 is 0. The fourth-order valence-corrected chi connectivity index (χ4v) is 2.26. The molecule has 2 rings (SSSR count). The summed E-state index contributed by atoms with van der Waals surface area (Å²) in [5.41, 5.74) is 9.43. The Hall–Kier alpha value is -1.51. The van der Waals surface area contributed by atoms with Gasteiger partial charge in [0.2, 0.25) is 0 Å². The molecule has 2 N–H and O–H groups in total. The third-order valence-corrected chi connectivity index (χ3v) is 3.34. The van der Waals surface area contributed by atoms with Gasteiger partial charge in [-0.1, -0.05) is 49.7 Å². The monoisotopic (exact) mass is 305 g/mol. The number of rotatable bonds is 7. The quantitative estimate of drug-likeness (QED) is 0.767. The number of halogens is 1. The van der Waals surface area contributed by atoms with Crippen LogP contribution in [0, 0.1) is 0 Å². The molecule has 0 spiro atoms. The summed E-state index contributed by atoms with van der Waals surface area (Å²) in [5, 5.41) is 0. The molecule has 0 atom stereocenters. The normalized spacial score (nSPS) is 10.0. The van der Waals surface area contributed by atoms with Crippen LogP contribution < -0.4 is 10.5 Å². The van der Waals surface area contributed by atoms with Gasteiger partial charge in [-0.15, -0.1) is 12.4 Å². The smallest absolute Gasteiger partial charge is 0.119 e. The molecule has 0 aliphatic heterocycles. The van der Waals surface area contributed by atoms with Gasteiger partial charge in [0.25, 0.3) is 0 Å². The van der Waals surface area contributed by atoms with E-state index in [1.54, 1.807) is 0 Å². The molecule has 21 heavy (non-hydrogen) atoms. The Morgan fingerprint density at radius 2 is 1.86 bits per heavy atom. The molecule has 0 saturated heterocycles. The Kier molecular flexibility index (Phi) is 7.88. The zero-order valence-electron chi connectivity index (χ0n) is 12.5. The first kappa shape index (κ1) is 17.5. The van der Waals surface area contributed by atoms with Gasteiger partial charge in [-0.25, -0.2) is 0 Å². The molecule has 0 fully saturated rings. The molecule has 0 saturated carbocycles. The van der Waals surface area contributed by atoms with Crippen molar-refractivity contribution in [1.82, 2.24) is 0 Å². The second-order valence-corrected chi connectivity index (χ2v) is 4.93. The molecule has 0 aliphatic carbocycles. The Morgan fingerprint density at radius 3 is 2.62 bits per heavy atom. The van der Waals surface area contributed by atoms with E-state index in [0.717, 1.165) is 31.6 Å². The summed E-state index contributed by atoms with van der Waals surface area (Å²) in [6.45, 7) is 3.62. The van der Waals surface area contributed by atoms with E-state index in [-0.39, 0.29) is 12.4 Å². The number of ether oxygens (including phenoxy) is 1. The van der Waals surface area contributed by atoms with E-state index >= 15 is 0 Å². The maximum absolute atomic E-state index is 5.78. The Bertz CT molecular complexity index is 542. The second-order valence-electron chi connectivity index (χ2n) is 4.93. The molecular weight excluding hydrogens is 282 g/mol. The molecule has 114 valence electrons. The van der Waals surface area contributed by atoms with Crippen molar-refractivity contribution in [2.75, 3.05) is 13.2 Å². The SMILES string of the molecule is CCCCOc1cccc(-c2ccccc2CCN)c1.Cl. The average molecular weight is 306 g/mol. The number of benzene rings is 2. The summed E-state index contributed by atoms with van der Waals surface area (Å²) in [7, 11) is 0. The molecule has 2 aromatic rings. The van der Waals surface area contributed by atoms with Crippen LogP contribution in [0.5, 0.6) is 5.75 Å². The van der Waals surface area contributed by atoms with Crippen molar-refractivity contribution in [2.45, 2.75) is 26.2 Å². The van der Waals surface area contributed by atoms with Crippen LogP contribution in [-0.2, 0) is 6.42 Å². The first-order chi connectivity index (χ1) is 9.85. The van der Waals surface area contributed by atoms with Crippen LogP contribution in [0.3, 0.4) is 0 Å². The third-order valence-electron chi connectivity index (χ3n) is 3.34. The highest BCUT2D eigenvalue weighted by Crippen LogP contribution is 2.27. The summed E-state index contributed by atoms with van der Waals surface area (Å²) in [5.74, 6) is 0.943. The van der Waals surface area contributed by atoms with Gasteiger partial charge in [0.1, 0.15) is 5.75 Å². The Labute approximate surface area is 133 Å². The standard InChI is InChI=1S/C18H23NO.ClH/c1-2-3-13-20-17-9-6-8-16(14-17)18-10-5-4-7-15(18)11-12-19;/h4-10,14H,2-3,11-13,19H2,1H3;1H. The van der Waals surface area contributed by atoms with Crippen molar-refractivity contribution in [2.24, 2.45) is 5.73 Å². The van der Waals surface area contributed by atoms with E-state index < -0.39 is 0 Å². The average Bonchev–Trinajstić information content (AvgIpc) is 2.49. The van der Waals surface area contributed by atoms with Crippen LogP contribution in [0.4, 0.5) is 0 Å². The minimum atomic E-state index is 0. The van der Waals surface area contributed by atoms with Crippen LogP contribution in [-0.4, -0.2) is 13.2 Å².